The summed E-state index contributed by atoms with van der Waals surface area (Å²) in [5.41, 5.74) is 3.33. The second-order valence-electron chi connectivity index (χ2n) is 6.61. The molecule has 0 aliphatic rings. The minimum absolute atomic E-state index is 0.0221. The SMILES string of the molecule is CNCC(C)c1c(C)nc(C(OC)C(C)(C)C)nc1C. The van der Waals surface area contributed by atoms with Crippen LogP contribution in [0.3, 0.4) is 0 Å². The second kappa shape index (κ2) is 6.64. The lowest BCUT2D eigenvalue weighted by atomic mass is 9.88. The van der Waals surface area contributed by atoms with Crippen molar-refractivity contribution in [1.82, 2.24) is 15.3 Å². The number of aromatic nitrogens is 2. The fraction of sp³-hybridized carbons (Fsp3) is 0.750. The highest BCUT2D eigenvalue weighted by molar-refractivity contribution is 5.29. The molecule has 2 atom stereocenters. The summed E-state index contributed by atoms with van der Waals surface area (Å²) in [6.45, 7) is 13.7. The van der Waals surface area contributed by atoms with Gasteiger partial charge in [-0.1, -0.05) is 27.7 Å². The second-order valence-corrected chi connectivity index (χ2v) is 6.61. The molecule has 0 aromatic carbocycles. The maximum Gasteiger partial charge on any atom is 0.158 e. The van der Waals surface area contributed by atoms with Gasteiger partial charge in [-0.3, -0.25) is 0 Å². The fourth-order valence-corrected chi connectivity index (χ4v) is 2.84. The van der Waals surface area contributed by atoms with E-state index in [2.05, 4.69) is 46.9 Å². The number of nitrogens with zero attached hydrogens (tertiary/aromatic N) is 2. The number of rotatable bonds is 5. The van der Waals surface area contributed by atoms with Gasteiger partial charge in [0.2, 0.25) is 0 Å². The van der Waals surface area contributed by atoms with E-state index in [4.69, 9.17) is 14.7 Å². The Morgan fingerprint density at radius 1 is 1.15 bits per heavy atom. The third kappa shape index (κ3) is 3.76. The third-order valence-electron chi connectivity index (χ3n) is 3.60. The number of nitrogens with one attached hydrogen (secondary N) is 1. The minimum atomic E-state index is -0.0893. The Kier molecular flexibility index (Phi) is 5.66. The van der Waals surface area contributed by atoms with Crippen LogP contribution >= 0.6 is 0 Å². The molecule has 20 heavy (non-hydrogen) atoms. The van der Waals surface area contributed by atoms with Gasteiger partial charge in [0.25, 0.3) is 0 Å². The van der Waals surface area contributed by atoms with Crippen molar-refractivity contribution in [2.75, 3.05) is 20.7 Å². The normalized spacial score (nSPS) is 15.2. The summed E-state index contributed by atoms with van der Waals surface area (Å²) in [5, 5.41) is 3.21. The van der Waals surface area contributed by atoms with Gasteiger partial charge in [0.05, 0.1) is 0 Å². The van der Waals surface area contributed by atoms with E-state index in [1.165, 1.54) is 5.56 Å². The van der Waals surface area contributed by atoms with E-state index in [1.54, 1.807) is 7.11 Å². The van der Waals surface area contributed by atoms with E-state index in [1.807, 2.05) is 7.05 Å². The summed E-state index contributed by atoms with van der Waals surface area (Å²) in [6.07, 6.45) is -0.0893. The van der Waals surface area contributed by atoms with Crippen molar-refractivity contribution in [2.45, 2.75) is 53.6 Å². The van der Waals surface area contributed by atoms with Gasteiger partial charge < -0.3 is 10.1 Å². The topological polar surface area (TPSA) is 47.0 Å². The molecule has 1 rings (SSSR count). The highest BCUT2D eigenvalue weighted by Crippen LogP contribution is 2.34. The zero-order chi connectivity index (χ0) is 15.5. The van der Waals surface area contributed by atoms with E-state index >= 15 is 0 Å². The molecule has 0 radical (unpaired) electrons. The largest absolute Gasteiger partial charge is 0.373 e. The summed E-state index contributed by atoms with van der Waals surface area (Å²) in [6, 6.07) is 0. The van der Waals surface area contributed by atoms with E-state index in [0.29, 0.717) is 5.92 Å². The summed E-state index contributed by atoms with van der Waals surface area (Å²) < 4.78 is 5.62. The lowest BCUT2D eigenvalue weighted by Crippen LogP contribution is -2.24. The van der Waals surface area contributed by atoms with Crippen LogP contribution in [0.5, 0.6) is 0 Å². The lowest BCUT2D eigenvalue weighted by Gasteiger charge is -2.29. The molecule has 4 heteroatoms. The number of methoxy groups -OCH3 is 1. The molecule has 0 amide bonds. The quantitative estimate of drug-likeness (QED) is 0.899. The van der Waals surface area contributed by atoms with Crippen molar-refractivity contribution in [3.63, 3.8) is 0 Å². The van der Waals surface area contributed by atoms with Crippen LogP contribution < -0.4 is 5.32 Å². The monoisotopic (exact) mass is 279 g/mol. The first kappa shape index (κ1) is 17.1. The van der Waals surface area contributed by atoms with Crippen LogP contribution in [-0.2, 0) is 4.74 Å². The minimum Gasteiger partial charge on any atom is -0.373 e. The Morgan fingerprint density at radius 2 is 1.65 bits per heavy atom. The molecule has 0 bridgehead atoms. The maximum atomic E-state index is 5.62. The van der Waals surface area contributed by atoms with Crippen molar-refractivity contribution in [3.05, 3.63) is 22.8 Å². The molecule has 0 fully saturated rings. The first-order valence-electron chi connectivity index (χ1n) is 7.24. The van der Waals surface area contributed by atoms with Crippen LogP contribution in [0.15, 0.2) is 0 Å². The average Bonchev–Trinajstić information content (AvgIpc) is 2.27. The van der Waals surface area contributed by atoms with Gasteiger partial charge in [-0.15, -0.1) is 0 Å². The number of aryl methyl sites for hydroxylation is 2. The fourth-order valence-electron chi connectivity index (χ4n) is 2.84. The molecule has 0 spiro atoms. The Morgan fingerprint density at radius 3 is 2.00 bits per heavy atom. The van der Waals surface area contributed by atoms with Crippen molar-refractivity contribution >= 4 is 0 Å². The highest BCUT2D eigenvalue weighted by atomic mass is 16.5. The highest BCUT2D eigenvalue weighted by Gasteiger charge is 2.29. The summed E-state index contributed by atoms with van der Waals surface area (Å²) in [7, 11) is 3.69. The lowest BCUT2D eigenvalue weighted by molar-refractivity contribution is 0.00838. The molecule has 0 aliphatic heterocycles. The zero-order valence-corrected chi connectivity index (χ0v) is 14.2. The molecule has 0 saturated carbocycles. The molecule has 2 unspecified atom stereocenters. The van der Waals surface area contributed by atoms with Crippen molar-refractivity contribution in [3.8, 4) is 0 Å². The van der Waals surface area contributed by atoms with Crippen molar-refractivity contribution < 1.29 is 4.74 Å². The van der Waals surface area contributed by atoms with Crippen LogP contribution in [0.25, 0.3) is 0 Å². The molecule has 1 aromatic heterocycles. The van der Waals surface area contributed by atoms with Crippen LogP contribution in [0.1, 0.15) is 62.5 Å². The van der Waals surface area contributed by atoms with Gasteiger partial charge in [-0.25, -0.2) is 9.97 Å². The van der Waals surface area contributed by atoms with Gasteiger partial charge >= 0.3 is 0 Å². The summed E-state index contributed by atoms with van der Waals surface area (Å²) >= 11 is 0. The van der Waals surface area contributed by atoms with E-state index in [0.717, 1.165) is 23.8 Å². The van der Waals surface area contributed by atoms with Gasteiger partial charge in [-0.2, -0.15) is 0 Å². The molecular weight excluding hydrogens is 250 g/mol. The number of hydrogen-bond acceptors (Lipinski definition) is 4. The predicted molar refractivity (Wildman–Crippen MR) is 83.1 cm³/mol. The molecule has 1 N–H and O–H groups in total. The van der Waals surface area contributed by atoms with E-state index < -0.39 is 0 Å². The zero-order valence-electron chi connectivity index (χ0n) is 14.2. The average molecular weight is 279 g/mol. The first-order valence-corrected chi connectivity index (χ1v) is 7.24. The Bertz CT molecular complexity index is 429. The molecular formula is C16H29N3O. The van der Waals surface area contributed by atoms with Crippen LogP contribution in [-0.4, -0.2) is 30.7 Å². The molecule has 0 saturated heterocycles. The Hall–Kier alpha value is -1.00. The Balaban J connectivity index is 3.22. The van der Waals surface area contributed by atoms with Gasteiger partial charge in [0.15, 0.2) is 5.82 Å². The van der Waals surface area contributed by atoms with Crippen LogP contribution in [0.4, 0.5) is 0 Å². The van der Waals surface area contributed by atoms with E-state index in [9.17, 15) is 0 Å². The maximum absolute atomic E-state index is 5.62. The van der Waals surface area contributed by atoms with Crippen LogP contribution in [0, 0.1) is 19.3 Å². The van der Waals surface area contributed by atoms with Crippen molar-refractivity contribution in [2.24, 2.45) is 5.41 Å². The van der Waals surface area contributed by atoms with E-state index in [-0.39, 0.29) is 11.5 Å². The van der Waals surface area contributed by atoms with Gasteiger partial charge in [-0.05, 0) is 37.8 Å². The molecule has 1 aromatic rings. The number of ether oxygens (including phenoxy) is 1. The molecule has 114 valence electrons. The predicted octanol–water partition coefficient (Wildman–Crippen LogP) is 3.15. The van der Waals surface area contributed by atoms with Crippen molar-refractivity contribution in [1.29, 1.82) is 0 Å². The standard InChI is InChI=1S/C16H29N3O/c1-10(9-17-7)13-11(2)18-15(19-12(13)3)14(20-8)16(4,5)6/h10,14,17H,9H2,1-8H3. The smallest absolute Gasteiger partial charge is 0.158 e. The molecule has 1 heterocycles. The third-order valence-corrected chi connectivity index (χ3v) is 3.60. The number of hydrogen-bond donors (Lipinski definition) is 1. The van der Waals surface area contributed by atoms with Gasteiger partial charge in [0.1, 0.15) is 6.10 Å². The molecule has 4 nitrogen and oxygen atoms in total. The number of likely N-dealkylation sites (N-methyl/N-ethyl adjacent to an activating group) is 1. The first-order chi connectivity index (χ1) is 9.22. The van der Waals surface area contributed by atoms with Gasteiger partial charge in [0, 0.05) is 25.0 Å². The summed E-state index contributed by atoms with van der Waals surface area (Å²) in [5.74, 6) is 1.19. The van der Waals surface area contributed by atoms with Crippen LogP contribution in [0.2, 0.25) is 0 Å². The molecule has 0 aliphatic carbocycles. The Labute approximate surface area is 123 Å². The summed E-state index contributed by atoms with van der Waals surface area (Å²) in [4.78, 5) is 9.42.